The lowest BCUT2D eigenvalue weighted by Gasteiger charge is -2.38. The second kappa shape index (κ2) is 14.4. The summed E-state index contributed by atoms with van der Waals surface area (Å²) in [5, 5.41) is 6.52. The molecule has 1 fully saturated rings. The van der Waals surface area contributed by atoms with E-state index >= 15 is 0 Å². The lowest BCUT2D eigenvalue weighted by molar-refractivity contribution is 0.0204. The number of nitrogens with zero attached hydrogens (tertiary/aromatic N) is 3. The van der Waals surface area contributed by atoms with E-state index in [1.54, 1.807) is 6.92 Å². The summed E-state index contributed by atoms with van der Waals surface area (Å²) in [4.78, 5) is 51.9. The second-order valence-electron chi connectivity index (χ2n) is 8.58. The van der Waals surface area contributed by atoms with Crippen LogP contribution in [0.1, 0.15) is 70.1 Å². The van der Waals surface area contributed by atoms with Gasteiger partial charge in [-0.3, -0.25) is 9.59 Å². The zero-order valence-corrected chi connectivity index (χ0v) is 23.7. The average Bonchev–Trinajstić information content (AvgIpc) is 3.52. The molecule has 2 unspecified atom stereocenters. The molecule has 3 heterocycles. The fourth-order valence-corrected chi connectivity index (χ4v) is 5.20. The lowest BCUT2D eigenvalue weighted by Crippen LogP contribution is -2.55. The van der Waals surface area contributed by atoms with Crippen LogP contribution in [0.2, 0.25) is 5.15 Å². The Morgan fingerprint density at radius 2 is 1.97 bits per heavy atom. The Balaban J connectivity index is 1.78. The van der Waals surface area contributed by atoms with Gasteiger partial charge in [-0.1, -0.05) is 36.8 Å². The number of amides is 2. The lowest BCUT2D eigenvalue weighted by atomic mass is 10.0. The summed E-state index contributed by atoms with van der Waals surface area (Å²) in [6.45, 7) is 7.86. The molecule has 1 aliphatic heterocycles. The van der Waals surface area contributed by atoms with Crippen LogP contribution in [-0.4, -0.2) is 91.4 Å². The van der Waals surface area contributed by atoms with Crippen LogP contribution in [0, 0.1) is 0 Å². The fourth-order valence-electron chi connectivity index (χ4n) is 3.94. The Morgan fingerprint density at radius 3 is 2.63 bits per heavy atom. The number of hydrogen-bond acceptors (Lipinski definition) is 10. The van der Waals surface area contributed by atoms with E-state index in [0.717, 1.165) is 17.8 Å². The number of carbonyl (C=O) groups excluding carboxylic acids is 3. The molecule has 2 aromatic rings. The average molecular weight is 571 g/mol. The zero-order valence-electron chi connectivity index (χ0n) is 22.1. The molecule has 1 saturated heterocycles. The van der Waals surface area contributed by atoms with Crippen molar-refractivity contribution in [3.05, 3.63) is 27.2 Å². The third-order valence-corrected chi connectivity index (χ3v) is 7.27. The van der Waals surface area contributed by atoms with Crippen molar-refractivity contribution >= 4 is 45.9 Å². The maximum absolute atomic E-state index is 12.9. The SMILES string of the molecule is CCCOC1CN(c2nc(C(=O)NCCOC)c(C(=O)OCC)s2)CCC1NC(=O)c1nc(Cl)c(CC)[nH]1. The topological polar surface area (TPSA) is 148 Å². The summed E-state index contributed by atoms with van der Waals surface area (Å²) in [7, 11) is 1.53. The third kappa shape index (κ3) is 7.43. The highest BCUT2D eigenvalue weighted by Crippen LogP contribution is 2.30. The summed E-state index contributed by atoms with van der Waals surface area (Å²) in [5.74, 6) is -1.27. The maximum atomic E-state index is 12.9. The van der Waals surface area contributed by atoms with Crippen molar-refractivity contribution in [2.75, 3.05) is 51.5 Å². The van der Waals surface area contributed by atoms with E-state index in [1.807, 2.05) is 18.7 Å². The van der Waals surface area contributed by atoms with Crippen molar-refractivity contribution in [2.45, 2.75) is 52.2 Å². The number of aryl methyl sites for hydroxylation is 1. The van der Waals surface area contributed by atoms with Gasteiger partial charge in [0.05, 0.1) is 31.1 Å². The van der Waals surface area contributed by atoms with Crippen LogP contribution in [-0.2, 0) is 20.6 Å². The number of ether oxygens (including phenoxy) is 3. The highest BCUT2D eigenvalue weighted by atomic mass is 35.5. The van der Waals surface area contributed by atoms with E-state index in [1.165, 1.54) is 7.11 Å². The molecule has 2 atom stereocenters. The number of H-pyrrole nitrogens is 1. The van der Waals surface area contributed by atoms with E-state index < -0.39 is 11.9 Å². The minimum absolute atomic E-state index is 0.0161. The molecule has 2 amide bonds. The Hall–Kier alpha value is -2.74. The molecule has 0 aromatic carbocycles. The van der Waals surface area contributed by atoms with E-state index in [0.29, 0.717) is 50.0 Å². The Kier molecular flexibility index (Phi) is 11.3. The number of aromatic nitrogens is 3. The van der Waals surface area contributed by atoms with Crippen molar-refractivity contribution in [3.63, 3.8) is 0 Å². The number of halogens is 1. The molecule has 0 saturated carbocycles. The summed E-state index contributed by atoms with van der Waals surface area (Å²) in [6, 6.07) is -0.277. The number of anilines is 1. The first-order valence-corrected chi connectivity index (χ1v) is 13.9. The van der Waals surface area contributed by atoms with Crippen molar-refractivity contribution in [2.24, 2.45) is 0 Å². The van der Waals surface area contributed by atoms with Gasteiger partial charge >= 0.3 is 5.97 Å². The van der Waals surface area contributed by atoms with Gasteiger partial charge in [0.15, 0.2) is 21.8 Å². The van der Waals surface area contributed by atoms with Gasteiger partial charge in [0.1, 0.15) is 4.88 Å². The number of aromatic amines is 1. The number of rotatable bonds is 13. The number of esters is 1. The van der Waals surface area contributed by atoms with Gasteiger partial charge in [-0.05, 0) is 26.2 Å². The smallest absolute Gasteiger partial charge is 0.350 e. The van der Waals surface area contributed by atoms with Crippen LogP contribution in [0.15, 0.2) is 0 Å². The number of thiazole rings is 1. The van der Waals surface area contributed by atoms with Crippen molar-refractivity contribution < 1.29 is 28.6 Å². The summed E-state index contributed by atoms with van der Waals surface area (Å²) >= 11 is 7.21. The molecule has 2 aromatic heterocycles. The Morgan fingerprint density at radius 1 is 1.18 bits per heavy atom. The first-order valence-electron chi connectivity index (χ1n) is 12.7. The molecule has 38 heavy (non-hydrogen) atoms. The molecule has 0 radical (unpaired) electrons. The number of imidazole rings is 1. The highest BCUT2D eigenvalue weighted by Gasteiger charge is 2.35. The van der Waals surface area contributed by atoms with E-state index in [4.69, 9.17) is 25.8 Å². The summed E-state index contributed by atoms with van der Waals surface area (Å²) in [6.07, 6.45) is 1.64. The minimum Gasteiger partial charge on any atom is -0.462 e. The monoisotopic (exact) mass is 570 g/mol. The molecule has 210 valence electrons. The highest BCUT2D eigenvalue weighted by molar-refractivity contribution is 7.17. The van der Waals surface area contributed by atoms with Crippen LogP contribution in [0.3, 0.4) is 0 Å². The molecule has 3 rings (SSSR count). The molecule has 3 N–H and O–H groups in total. The Bertz CT molecular complexity index is 1110. The molecular weight excluding hydrogens is 536 g/mol. The van der Waals surface area contributed by atoms with Gasteiger partial charge in [0, 0.05) is 33.4 Å². The van der Waals surface area contributed by atoms with Crippen LogP contribution >= 0.6 is 22.9 Å². The van der Waals surface area contributed by atoms with Crippen LogP contribution < -0.4 is 15.5 Å². The molecule has 1 aliphatic rings. The Labute approximate surface area is 230 Å². The maximum Gasteiger partial charge on any atom is 0.350 e. The standard InChI is InChI=1S/C24H35ClN6O6S/c1-5-11-37-16-13-31(10-8-15(16)28-22(33)20-27-14(6-2)19(25)30-20)24-29-17(21(32)26-9-12-35-4)18(38-24)23(34)36-7-3/h15-16H,5-13H2,1-4H3,(H,26,32)(H,27,30)(H,28,33). The van der Waals surface area contributed by atoms with E-state index in [9.17, 15) is 14.4 Å². The first-order chi connectivity index (χ1) is 18.3. The fraction of sp³-hybridized carbons (Fsp3) is 0.625. The molecule has 12 nitrogen and oxygen atoms in total. The van der Waals surface area contributed by atoms with Gasteiger partial charge in [-0.25, -0.2) is 14.8 Å². The molecule has 0 aliphatic carbocycles. The van der Waals surface area contributed by atoms with Crippen LogP contribution in [0.25, 0.3) is 0 Å². The summed E-state index contributed by atoms with van der Waals surface area (Å²) < 4.78 is 16.2. The number of piperidine rings is 1. The number of hydrogen-bond donors (Lipinski definition) is 3. The van der Waals surface area contributed by atoms with Gasteiger partial charge in [0.2, 0.25) is 0 Å². The summed E-state index contributed by atoms with van der Waals surface area (Å²) in [5.41, 5.74) is 0.719. The molecular formula is C24H35ClN6O6S. The molecule has 0 bridgehead atoms. The van der Waals surface area contributed by atoms with Crippen LogP contribution in [0.4, 0.5) is 5.13 Å². The normalized spacial score (nSPS) is 17.3. The predicted octanol–water partition coefficient (Wildman–Crippen LogP) is 2.44. The molecule has 0 spiro atoms. The van der Waals surface area contributed by atoms with Crippen molar-refractivity contribution in [3.8, 4) is 0 Å². The van der Waals surface area contributed by atoms with Crippen molar-refractivity contribution in [1.82, 2.24) is 25.6 Å². The molecule has 14 heteroatoms. The predicted molar refractivity (Wildman–Crippen MR) is 143 cm³/mol. The number of nitrogens with one attached hydrogen (secondary N) is 3. The third-order valence-electron chi connectivity index (χ3n) is 5.86. The number of methoxy groups -OCH3 is 1. The van der Waals surface area contributed by atoms with Crippen molar-refractivity contribution in [1.29, 1.82) is 0 Å². The first kappa shape index (κ1) is 29.8. The van der Waals surface area contributed by atoms with Gasteiger partial charge < -0.3 is 34.7 Å². The van der Waals surface area contributed by atoms with Gasteiger partial charge in [-0.2, -0.15) is 0 Å². The van der Waals surface area contributed by atoms with Gasteiger partial charge in [-0.15, -0.1) is 0 Å². The number of carbonyl (C=O) groups is 3. The van der Waals surface area contributed by atoms with Gasteiger partial charge in [0.25, 0.3) is 11.8 Å². The largest absolute Gasteiger partial charge is 0.462 e. The van der Waals surface area contributed by atoms with E-state index in [-0.39, 0.29) is 52.8 Å². The zero-order chi connectivity index (χ0) is 27.7. The quantitative estimate of drug-likeness (QED) is 0.244. The minimum atomic E-state index is -0.599. The van der Waals surface area contributed by atoms with Crippen LogP contribution in [0.5, 0.6) is 0 Å². The van der Waals surface area contributed by atoms with E-state index in [2.05, 4.69) is 25.6 Å². The second-order valence-corrected chi connectivity index (χ2v) is 9.91.